The highest BCUT2D eigenvalue weighted by Crippen LogP contribution is 2.09. The van der Waals surface area contributed by atoms with Gasteiger partial charge in [0.15, 0.2) is 0 Å². The van der Waals surface area contributed by atoms with Crippen LogP contribution in [0.1, 0.15) is 0 Å². The zero-order valence-corrected chi connectivity index (χ0v) is 6.55. The second-order valence-electron chi connectivity index (χ2n) is 2.89. The number of aromatic nitrogens is 1. The van der Waals surface area contributed by atoms with Crippen molar-refractivity contribution in [3.63, 3.8) is 0 Å². The summed E-state index contributed by atoms with van der Waals surface area (Å²) in [6, 6.07) is 1.87. The van der Waals surface area contributed by atoms with Crippen molar-refractivity contribution in [2.24, 2.45) is 0 Å². The van der Waals surface area contributed by atoms with Crippen LogP contribution < -0.4 is 10.6 Å². The van der Waals surface area contributed by atoms with Gasteiger partial charge in [-0.25, -0.2) is 4.39 Å². The number of hydrogen-bond donors (Lipinski definition) is 2. The van der Waals surface area contributed by atoms with E-state index in [-0.39, 0.29) is 5.82 Å². The lowest BCUT2D eigenvalue weighted by Crippen LogP contribution is -2.51. The van der Waals surface area contributed by atoms with Gasteiger partial charge in [-0.15, -0.1) is 0 Å². The standard InChI is InChI=1S/C8H10FN3/c9-6-1-7(3-10-2-6)12-8-4-11-5-8/h1-3,8,11-12H,4-5H2. The summed E-state index contributed by atoms with van der Waals surface area (Å²) in [5.74, 6) is -0.299. The Morgan fingerprint density at radius 3 is 2.92 bits per heavy atom. The molecule has 12 heavy (non-hydrogen) atoms. The minimum Gasteiger partial charge on any atom is -0.378 e. The van der Waals surface area contributed by atoms with Crippen LogP contribution in [0, 0.1) is 5.82 Å². The van der Waals surface area contributed by atoms with Crippen molar-refractivity contribution in [2.75, 3.05) is 18.4 Å². The van der Waals surface area contributed by atoms with E-state index in [0.717, 1.165) is 18.8 Å². The van der Waals surface area contributed by atoms with Gasteiger partial charge in [0.1, 0.15) is 5.82 Å². The normalized spacial score (nSPS) is 17.1. The molecular formula is C8H10FN3. The Hall–Kier alpha value is -1.16. The Morgan fingerprint density at radius 1 is 1.50 bits per heavy atom. The molecular weight excluding hydrogens is 157 g/mol. The molecule has 0 radical (unpaired) electrons. The summed E-state index contributed by atoms with van der Waals surface area (Å²) in [6.45, 7) is 1.88. The quantitative estimate of drug-likeness (QED) is 0.677. The van der Waals surface area contributed by atoms with E-state index in [9.17, 15) is 4.39 Å². The summed E-state index contributed by atoms with van der Waals surface area (Å²) in [4.78, 5) is 3.74. The predicted molar refractivity (Wildman–Crippen MR) is 44.5 cm³/mol. The van der Waals surface area contributed by atoms with Gasteiger partial charge in [0.05, 0.1) is 24.1 Å². The van der Waals surface area contributed by atoms with Crippen LogP contribution >= 0.6 is 0 Å². The SMILES string of the molecule is Fc1cncc(NC2CNC2)c1. The highest BCUT2D eigenvalue weighted by molar-refractivity contribution is 5.42. The molecule has 4 heteroatoms. The van der Waals surface area contributed by atoms with E-state index in [1.165, 1.54) is 12.3 Å². The van der Waals surface area contributed by atoms with Crippen LogP contribution in [0.3, 0.4) is 0 Å². The molecule has 64 valence electrons. The smallest absolute Gasteiger partial charge is 0.143 e. The van der Waals surface area contributed by atoms with Gasteiger partial charge in [-0.1, -0.05) is 0 Å². The maximum Gasteiger partial charge on any atom is 0.143 e. The van der Waals surface area contributed by atoms with Crippen LogP contribution in [-0.2, 0) is 0 Å². The summed E-state index contributed by atoms with van der Waals surface area (Å²) >= 11 is 0. The predicted octanol–water partition coefficient (Wildman–Crippen LogP) is 0.604. The van der Waals surface area contributed by atoms with Crippen LogP contribution in [0.25, 0.3) is 0 Å². The number of pyridine rings is 1. The van der Waals surface area contributed by atoms with Crippen LogP contribution in [0.15, 0.2) is 18.5 Å². The van der Waals surface area contributed by atoms with Gasteiger partial charge >= 0.3 is 0 Å². The monoisotopic (exact) mass is 167 g/mol. The number of anilines is 1. The lowest BCUT2D eigenvalue weighted by Gasteiger charge is -2.28. The Morgan fingerprint density at radius 2 is 2.33 bits per heavy atom. The lowest BCUT2D eigenvalue weighted by atomic mass is 10.2. The first kappa shape index (κ1) is 7.49. The molecule has 2 rings (SSSR count). The third-order valence-corrected chi connectivity index (χ3v) is 1.86. The molecule has 1 aliphatic rings. The van der Waals surface area contributed by atoms with Crippen molar-refractivity contribution >= 4 is 5.69 Å². The molecule has 0 aliphatic carbocycles. The van der Waals surface area contributed by atoms with Crippen LogP contribution in [0.4, 0.5) is 10.1 Å². The molecule has 1 saturated heterocycles. The highest BCUT2D eigenvalue weighted by atomic mass is 19.1. The van der Waals surface area contributed by atoms with Gasteiger partial charge in [-0.3, -0.25) is 4.98 Å². The van der Waals surface area contributed by atoms with Crippen molar-refractivity contribution in [1.29, 1.82) is 0 Å². The zero-order chi connectivity index (χ0) is 8.39. The fourth-order valence-electron chi connectivity index (χ4n) is 1.12. The molecule has 3 nitrogen and oxygen atoms in total. The average Bonchev–Trinajstić information content (AvgIpc) is 1.97. The summed E-state index contributed by atoms with van der Waals surface area (Å²) in [6.07, 6.45) is 2.83. The van der Waals surface area contributed by atoms with E-state index in [2.05, 4.69) is 15.6 Å². The van der Waals surface area contributed by atoms with E-state index in [4.69, 9.17) is 0 Å². The molecule has 0 unspecified atom stereocenters. The van der Waals surface area contributed by atoms with Crippen molar-refractivity contribution in [3.05, 3.63) is 24.3 Å². The van der Waals surface area contributed by atoms with Crippen molar-refractivity contribution < 1.29 is 4.39 Å². The summed E-state index contributed by atoms with van der Waals surface area (Å²) in [5, 5.41) is 6.27. The first-order valence-corrected chi connectivity index (χ1v) is 3.92. The molecule has 0 saturated carbocycles. The summed E-state index contributed by atoms with van der Waals surface area (Å²) in [7, 11) is 0. The molecule has 1 aliphatic heterocycles. The first-order valence-electron chi connectivity index (χ1n) is 3.92. The zero-order valence-electron chi connectivity index (χ0n) is 6.55. The fraction of sp³-hybridized carbons (Fsp3) is 0.375. The summed E-state index contributed by atoms with van der Waals surface area (Å²) in [5.41, 5.74) is 0.751. The van der Waals surface area contributed by atoms with Gasteiger partial charge < -0.3 is 10.6 Å². The number of nitrogens with zero attached hydrogens (tertiary/aromatic N) is 1. The van der Waals surface area contributed by atoms with Gasteiger partial charge in [0.2, 0.25) is 0 Å². The van der Waals surface area contributed by atoms with E-state index in [0.29, 0.717) is 6.04 Å². The van der Waals surface area contributed by atoms with Gasteiger partial charge in [-0.2, -0.15) is 0 Å². The Balaban J connectivity index is 2.02. The van der Waals surface area contributed by atoms with Crippen LogP contribution in [0.5, 0.6) is 0 Å². The highest BCUT2D eigenvalue weighted by Gasteiger charge is 2.15. The van der Waals surface area contributed by atoms with E-state index in [1.807, 2.05) is 0 Å². The molecule has 1 aromatic heterocycles. The van der Waals surface area contributed by atoms with Crippen molar-refractivity contribution in [3.8, 4) is 0 Å². The topological polar surface area (TPSA) is 37.0 Å². The maximum absolute atomic E-state index is 12.6. The lowest BCUT2D eigenvalue weighted by molar-refractivity contribution is 0.471. The molecule has 0 aromatic carbocycles. The Bertz CT molecular complexity index is 273. The third kappa shape index (κ3) is 1.53. The number of nitrogens with one attached hydrogen (secondary N) is 2. The fourth-order valence-corrected chi connectivity index (χ4v) is 1.12. The molecule has 0 amide bonds. The Labute approximate surface area is 70.0 Å². The molecule has 0 atom stereocenters. The molecule has 0 bridgehead atoms. The van der Waals surface area contributed by atoms with Gasteiger partial charge in [-0.05, 0) is 0 Å². The van der Waals surface area contributed by atoms with E-state index >= 15 is 0 Å². The second kappa shape index (κ2) is 3.06. The minimum atomic E-state index is -0.299. The second-order valence-corrected chi connectivity index (χ2v) is 2.89. The van der Waals surface area contributed by atoms with Crippen LogP contribution in [-0.4, -0.2) is 24.1 Å². The molecule has 1 aromatic rings. The summed E-state index contributed by atoms with van der Waals surface area (Å²) < 4.78 is 12.6. The number of rotatable bonds is 2. The minimum absolute atomic E-state index is 0.299. The van der Waals surface area contributed by atoms with E-state index < -0.39 is 0 Å². The van der Waals surface area contributed by atoms with E-state index in [1.54, 1.807) is 6.20 Å². The van der Waals surface area contributed by atoms with Crippen molar-refractivity contribution in [1.82, 2.24) is 10.3 Å². The number of hydrogen-bond acceptors (Lipinski definition) is 3. The van der Waals surface area contributed by atoms with Crippen LogP contribution in [0.2, 0.25) is 0 Å². The largest absolute Gasteiger partial charge is 0.378 e. The average molecular weight is 167 g/mol. The van der Waals surface area contributed by atoms with Gasteiger partial charge in [0, 0.05) is 19.2 Å². The number of halogens is 1. The van der Waals surface area contributed by atoms with Crippen molar-refractivity contribution in [2.45, 2.75) is 6.04 Å². The third-order valence-electron chi connectivity index (χ3n) is 1.86. The first-order chi connectivity index (χ1) is 5.84. The molecule has 2 N–H and O–H groups in total. The molecule has 0 spiro atoms. The molecule has 1 fully saturated rings. The maximum atomic E-state index is 12.6. The van der Waals surface area contributed by atoms with Gasteiger partial charge in [0.25, 0.3) is 0 Å². The Kier molecular flexibility index (Phi) is 1.91. The molecule has 2 heterocycles.